The van der Waals surface area contributed by atoms with E-state index in [2.05, 4.69) is 9.68 Å². The minimum absolute atomic E-state index is 0. The summed E-state index contributed by atoms with van der Waals surface area (Å²) in [5.74, 6) is 0. The molecule has 0 N–H and O–H groups in total. The zero-order valence-corrected chi connectivity index (χ0v) is 5.50. The largest absolute Gasteiger partial charge is 2.00 e. The number of hydrogen-bond donors (Lipinski definition) is 0. The van der Waals surface area contributed by atoms with Gasteiger partial charge in [0.2, 0.25) is 0 Å². The minimum atomic E-state index is 0. The molecule has 0 fully saturated rings. The fraction of sp³-hybridized carbons (Fsp3) is 0. The van der Waals surface area contributed by atoms with Crippen molar-refractivity contribution in [3.8, 4) is 0 Å². The SMILES string of the molecule is [Ca+2].[H-].[H-].c1cnoc1. The molecular weight excluding hydrogens is 106 g/mol. The van der Waals surface area contributed by atoms with Crippen LogP contribution in [0.25, 0.3) is 0 Å². The molecule has 3 heteroatoms. The van der Waals surface area contributed by atoms with Crippen LogP contribution in [-0.4, -0.2) is 42.9 Å². The number of aromatic nitrogens is 1. The average molecular weight is 111 g/mol. The maximum atomic E-state index is 4.33. The van der Waals surface area contributed by atoms with E-state index in [0.29, 0.717) is 0 Å². The zero-order valence-electron chi connectivity index (χ0n) is 5.29. The summed E-state index contributed by atoms with van der Waals surface area (Å²) in [5, 5.41) is 3.35. The van der Waals surface area contributed by atoms with Gasteiger partial charge in [0, 0.05) is 0 Å². The summed E-state index contributed by atoms with van der Waals surface area (Å²) < 4.78 is 4.33. The molecule has 1 heterocycles. The normalized spacial score (nSPS) is 6.67. The van der Waals surface area contributed by atoms with E-state index < -0.39 is 0 Å². The van der Waals surface area contributed by atoms with Crippen LogP contribution < -0.4 is 0 Å². The molecule has 0 atom stereocenters. The van der Waals surface area contributed by atoms with Crippen LogP contribution in [0.4, 0.5) is 0 Å². The summed E-state index contributed by atoms with van der Waals surface area (Å²) in [6.07, 6.45) is 3.10. The van der Waals surface area contributed by atoms with Crippen LogP contribution in [0.3, 0.4) is 0 Å². The Bertz CT molecular complexity index is 73.8. The van der Waals surface area contributed by atoms with Gasteiger partial charge in [0.15, 0.2) is 0 Å². The monoisotopic (exact) mass is 111 g/mol. The van der Waals surface area contributed by atoms with Gasteiger partial charge in [-0.1, -0.05) is 5.16 Å². The molecule has 0 radical (unpaired) electrons. The summed E-state index contributed by atoms with van der Waals surface area (Å²) in [7, 11) is 0. The van der Waals surface area contributed by atoms with E-state index in [0.717, 1.165) is 0 Å². The van der Waals surface area contributed by atoms with Crippen molar-refractivity contribution < 1.29 is 7.38 Å². The first-order valence-corrected chi connectivity index (χ1v) is 1.34. The number of rotatable bonds is 0. The van der Waals surface area contributed by atoms with Crippen LogP contribution in [0.15, 0.2) is 23.0 Å². The van der Waals surface area contributed by atoms with E-state index in [1.165, 1.54) is 6.26 Å². The smallest absolute Gasteiger partial charge is 1.00 e. The van der Waals surface area contributed by atoms with Gasteiger partial charge >= 0.3 is 37.7 Å². The fourth-order valence-corrected chi connectivity index (χ4v) is 0.176. The molecule has 0 saturated heterocycles. The maximum Gasteiger partial charge on any atom is 2.00 e. The molecule has 0 bridgehead atoms. The minimum Gasteiger partial charge on any atom is -1.00 e. The van der Waals surface area contributed by atoms with Crippen LogP contribution in [0.5, 0.6) is 0 Å². The molecule has 0 spiro atoms. The van der Waals surface area contributed by atoms with Crippen LogP contribution in [0.2, 0.25) is 0 Å². The number of hydrogen-bond acceptors (Lipinski definition) is 2. The standard InChI is InChI=1S/C3H3NO.Ca.2H/c1-2-4-5-3-1;;;/h1-3H;;;/q;+2;2*-1. The Labute approximate surface area is 68.5 Å². The van der Waals surface area contributed by atoms with E-state index in [1.807, 2.05) is 0 Å². The zero-order chi connectivity index (χ0) is 3.54. The van der Waals surface area contributed by atoms with Gasteiger partial charge < -0.3 is 7.38 Å². The van der Waals surface area contributed by atoms with Gasteiger partial charge in [-0.05, 0) is 6.07 Å². The molecule has 0 aliphatic heterocycles. The number of nitrogens with zero attached hydrogens (tertiary/aromatic N) is 1. The predicted molar refractivity (Wildman–Crippen MR) is 24.5 cm³/mol. The molecular formula is C3H5CaNO. The molecule has 1 aromatic rings. The molecule has 0 aliphatic carbocycles. The second-order valence-corrected chi connectivity index (χ2v) is 0.688. The van der Waals surface area contributed by atoms with Gasteiger partial charge in [-0.2, -0.15) is 0 Å². The van der Waals surface area contributed by atoms with Gasteiger partial charge in [-0.25, -0.2) is 0 Å². The van der Waals surface area contributed by atoms with Crippen LogP contribution in [0.1, 0.15) is 2.85 Å². The van der Waals surface area contributed by atoms with Crippen molar-refractivity contribution in [1.82, 2.24) is 5.16 Å². The summed E-state index contributed by atoms with van der Waals surface area (Å²) in [5.41, 5.74) is 0. The molecule has 2 nitrogen and oxygen atoms in total. The van der Waals surface area contributed by atoms with Gasteiger partial charge in [-0.3, -0.25) is 0 Å². The van der Waals surface area contributed by atoms with Crippen molar-refractivity contribution in [2.24, 2.45) is 0 Å². The summed E-state index contributed by atoms with van der Waals surface area (Å²) in [6.45, 7) is 0. The first-order valence-electron chi connectivity index (χ1n) is 1.34. The Hall–Kier alpha value is 0.470. The van der Waals surface area contributed by atoms with Gasteiger partial charge in [-0.15, -0.1) is 0 Å². The van der Waals surface area contributed by atoms with Gasteiger partial charge in [0.25, 0.3) is 0 Å². The average Bonchev–Trinajstić information content (AvgIpc) is 1.76. The second kappa shape index (κ2) is 3.65. The first kappa shape index (κ1) is 6.47. The van der Waals surface area contributed by atoms with Crippen LogP contribution >= 0.6 is 0 Å². The summed E-state index contributed by atoms with van der Waals surface area (Å²) in [6, 6.07) is 1.72. The van der Waals surface area contributed by atoms with Crippen molar-refractivity contribution in [1.29, 1.82) is 0 Å². The van der Waals surface area contributed by atoms with E-state index in [-0.39, 0.29) is 40.6 Å². The Morgan fingerprint density at radius 2 is 2.50 bits per heavy atom. The second-order valence-electron chi connectivity index (χ2n) is 0.688. The Kier molecular flexibility index (Phi) is 3.94. The van der Waals surface area contributed by atoms with Crippen molar-refractivity contribution in [3.05, 3.63) is 18.5 Å². The fourth-order valence-electron chi connectivity index (χ4n) is 0.176. The third kappa shape index (κ3) is 1.80. The van der Waals surface area contributed by atoms with E-state index in [1.54, 1.807) is 12.3 Å². The molecule has 0 unspecified atom stereocenters. The van der Waals surface area contributed by atoms with Crippen molar-refractivity contribution in [2.45, 2.75) is 0 Å². The van der Waals surface area contributed by atoms with Gasteiger partial charge in [0.05, 0.1) is 6.20 Å². The van der Waals surface area contributed by atoms with E-state index in [4.69, 9.17) is 0 Å². The van der Waals surface area contributed by atoms with E-state index >= 15 is 0 Å². The quantitative estimate of drug-likeness (QED) is 0.456. The molecule has 30 valence electrons. The van der Waals surface area contributed by atoms with Crippen LogP contribution in [-0.2, 0) is 0 Å². The molecule has 1 aromatic heterocycles. The van der Waals surface area contributed by atoms with E-state index in [9.17, 15) is 0 Å². The Balaban J connectivity index is -0.0000000833. The summed E-state index contributed by atoms with van der Waals surface area (Å²) in [4.78, 5) is 0. The Morgan fingerprint density at radius 3 is 2.67 bits per heavy atom. The summed E-state index contributed by atoms with van der Waals surface area (Å²) >= 11 is 0. The molecule has 1 rings (SSSR count). The first-order chi connectivity index (χ1) is 2.50. The molecule has 6 heavy (non-hydrogen) atoms. The van der Waals surface area contributed by atoms with Gasteiger partial charge in [0.1, 0.15) is 6.26 Å². The van der Waals surface area contributed by atoms with Crippen molar-refractivity contribution in [3.63, 3.8) is 0 Å². The van der Waals surface area contributed by atoms with Crippen molar-refractivity contribution >= 4 is 37.7 Å². The molecule has 0 amide bonds. The Morgan fingerprint density at radius 1 is 1.67 bits per heavy atom. The predicted octanol–water partition coefficient (Wildman–Crippen LogP) is 0.519. The maximum absolute atomic E-state index is 4.33. The molecule has 0 aromatic carbocycles. The topological polar surface area (TPSA) is 26.0 Å². The van der Waals surface area contributed by atoms with Crippen LogP contribution in [0, 0.1) is 0 Å². The molecule has 0 aliphatic rings. The third-order valence-electron chi connectivity index (χ3n) is 0.347. The third-order valence-corrected chi connectivity index (χ3v) is 0.347. The van der Waals surface area contributed by atoms with Crippen molar-refractivity contribution in [2.75, 3.05) is 0 Å². The molecule has 0 saturated carbocycles.